The molecule has 0 aliphatic carbocycles. The number of rotatable bonds is 1. The van der Waals surface area contributed by atoms with Gasteiger partial charge in [0.2, 0.25) is 0 Å². The first-order chi connectivity index (χ1) is 7.84. The van der Waals surface area contributed by atoms with E-state index in [0.717, 1.165) is 50.0 Å². The minimum Gasteiger partial charge on any atom is -0.491 e. The Morgan fingerprint density at radius 3 is 2.88 bits per heavy atom. The van der Waals surface area contributed by atoms with Crippen LogP contribution >= 0.6 is 11.6 Å². The van der Waals surface area contributed by atoms with Crippen molar-refractivity contribution >= 4 is 17.3 Å². The molecule has 1 aromatic carbocycles. The number of ether oxygens (including phenoxy) is 1. The van der Waals surface area contributed by atoms with E-state index < -0.39 is 0 Å². The van der Waals surface area contributed by atoms with Gasteiger partial charge in [0.25, 0.3) is 0 Å². The summed E-state index contributed by atoms with van der Waals surface area (Å²) in [6.07, 6.45) is 0.981. The summed E-state index contributed by atoms with van der Waals surface area (Å²) in [5.41, 5.74) is 2.48. The van der Waals surface area contributed by atoms with E-state index in [4.69, 9.17) is 16.3 Å². The number of hydrogen-bond donors (Lipinski definition) is 1. The molecule has 0 aromatic heterocycles. The maximum Gasteiger partial charge on any atom is 0.141 e. The van der Waals surface area contributed by atoms with Crippen molar-refractivity contribution < 1.29 is 4.74 Å². The van der Waals surface area contributed by atoms with Crippen LogP contribution in [0.2, 0.25) is 5.02 Å². The maximum absolute atomic E-state index is 6.23. The molecule has 2 aliphatic heterocycles. The van der Waals surface area contributed by atoms with Crippen LogP contribution in [-0.2, 0) is 6.42 Å². The maximum atomic E-state index is 6.23. The Kier molecular flexibility index (Phi) is 2.65. The molecule has 0 amide bonds. The molecule has 0 bridgehead atoms. The molecule has 3 nitrogen and oxygen atoms in total. The van der Waals surface area contributed by atoms with Gasteiger partial charge in [-0.3, -0.25) is 0 Å². The molecule has 0 radical (unpaired) electrons. The fourth-order valence-corrected chi connectivity index (χ4v) is 2.64. The zero-order valence-corrected chi connectivity index (χ0v) is 9.89. The van der Waals surface area contributed by atoms with Crippen LogP contribution in [0, 0.1) is 0 Å². The Hall–Kier alpha value is -0.930. The topological polar surface area (TPSA) is 24.5 Å². The monoisotopic (exact) mass is 238 g/mol. The van der Waals surface area contributed by atoms with Crippen LogP contribution in [0.15, 0.2) is 12.1 Å². The fraction of sp³-hybridized carbons (Fsp3) is 0.500. The normalized spacial score (nSPS) is 19.4. The number of halogens is 1. The lowest BCUT2D eigenvalue weighted by Gasteiger charge is -2.29. The summed E-state index contributed by atoms with van der Waals surface area (Å²) in [7, 11) is 0. The number of hydrogen-bond acceptors (Lipinski definition) is 3. The van der Waals surface area contributed by atoms with Crippen LogP contribution < -0.4 is 15.0 Å². The second-order valence-electron chi connectivity index (χ2n) is 4.25. The highest BCUT2D eigenvalue weighted by Crippen LogP contribution is 2.37. The Morgan fingerprint density at radius 2 is 2.06 bits per heavy atom. The Labute approximate surface area is 100 Å². The molecular weight excluding hydrogens is 224 g/mol. The Bertz CT molecular complexity index is 402. The third-order valence-electron chi connectivity index (χ3n) is 3.21. The van der Waals surface area contributed by atoms with Crippen molar-refractivity contribution in [2.45, 2.75) is 6.42 Å². The first kappa shape index (κ1) is 10.2. The molecular formula is C12H15ClN2O. The standard InChI is InChI=1S/C12H15ClN2O/c13-11-8-10(15-4-2-14-3-5-15)7-9-1-6-16-12(9)11/h7-8,14H,1-6H2. The number of piperazine rings is 1. The molecule has 1 aromatic rings. The van der Waals surface area contributed by atoms with E-state index >= 15 is 0 Å². The van der Waals surface area contributed by atoms with Gasteiger partial charge in [-0.05, 0) is 12.1 Å². The lowest BCUT2D eigenvalue weighted by molar-refractivity contribution is 0.357. The van der Waals surface area contributed by atoms with Gasteiger partial charge in [-0.25, -0.2) is 0 Å². The minimum absolute atomic E-state index is 0.753. The highest BCUT2D eigenvalue weighted by Gasteiger charge is 2.19. The predicted molar refractivity (Wildman–Crippen MR) is 65.7 cm³/mol. The molecule has 4 heteroatoms. The summed E-state index contributed by atoms with van der Waals surface area (Å²) < 4.78 is 5.51. The zero-order valence-electron chi connectivity index (χ0n) is 9.13. The first-order valence-corrected chi connectivity index (χ1v) is 6.13. The molecule has 1 N–H and O–H groups in total. The van der Waals surface area contributed by atoms with Gasteiger partial charge in [-0.15, -0.1) is 0 Å². The lowest BCUT2D eigenvalue weighted by atomic mass is 10.1. The number of fused-ring (bicyclic) bond motifs is 1. The summed E-state index contributed by atoms with van der Waals surface area (Å²) in [5.74, 6) is 0.889. The summed E-state index contributed by atoms with van der Waals surface area (Å²) >= 11 is 6.23. The summed E-state index contributed by atoms with van der Waals surface area (Å²) in [6.45, 7) is 4.96. The van der Waals surface area contributed by atoms with Gasteiger partial charge in [0.05, 0.1) is 11.6 Å². The molecule has 0 spiro atoms. The van der Waals surface area contributed by atoms with Crippen molar-refractivity contribution in [3.8, 4) is 5.75 Å². The molecule has 0 atom stereocenters. The average Bonchev–Trinajstić information content (AvgIpc) is 2.79. The van der Waals surface area contributed by atoms with E-state index in [-0.39, 0.29) is 0 Å². The number of anilines is 1. The molecule has 0 unspecified atom stereocenters. The fourth-order valence-electron chi connectivity index (χ4n) is 2.35. The molecule has 0 saturated carbocycles. The summed E-state index contributed by atoms with van der Waals surface area (Å²) in [6, 6.07) is 4.25. The second-order valence-corrected chi connectivity index (χ2v) is 4.66. The van der Waals surface area contributed by atoms with Gasteiger partial charge in [-0.2, -0.15) is 0 Å². The van der Waals surface area contributed by atoms with Crippen LogP contribution in [0.25, 0.3) is 0 Å². The predicted octanol–water partition coefficient (Wildman–Crippen LogP) is 1.68. The average molecular weight is 239 g/mol. The van der Waals surface area contributed by atoms with Crippen LogP contribution in [0.1, 0.15) is 5.56 Å². The molecule has 1 saturated heterocycles. The van der Waals surface area contributed by atoms with Crippen molar-refractivity contribution in [1.29, 1.82) is 0 Å². The van der Waals surface area contributed by atoms with Crippen LogP contribution in [0.5, 0.6) is 5.75 Å². The quantitative estimate of drug-likeness (QED) is 0.806. The Morgan fingerprint density at radius 1 is 1.25 bits per heavy atom. The van der Waals surface area contributed by atoms with Crippen LogP contribution in [-0.4, -0.2) is 32.8 Å². The minimum atomic E-state index is 0.753. The molecule has 1 fully saturated rings. The number of nitrogens with one attached hydrogen (secondary N) is 1. The van der Waals surface area contributed by atoms with Gasteiger partial charge in [-0.1, -0.05) is 11.6 Å². The van der Waals surface area contributed by atoms with E-state index in [1.54, 1.807) is 0 Å². The van der Waals surface area contributed by atoms with Crippen molar-refractivity contribution in [3.05, 3.63) is 22.7 Å². The molecule has 86 valence electrons. The smallest absolute Gasteiger partial charge is 0.141 e. The number of benzene rings is 1. The van der Waals surface area contributed by atoms with Gasteiger partial charge >= 0.3 is 0 Å². The zero-order chi connectivity index (χ0) is 11.0. The second kappa shape index (κ2) is 4.15. The lowest BCUT2D eigenvalue weighted by Crippen LogP contribution is -2.43. The van der Waals surface area contributed by atoms with Crippen molar-refractivity contribution in [1.82, 2.24) is 5.32 Å². The largest absolute Gasteiger partial charge is 0.491 e. The molecule has 2 heterocycles. The molecule has 16 heavy (non-hydrogen) atoms. The highest BCUT2D eigenvalue weighted by molar-refractivity contribution is 6.32. The van der Waals surface area contributed by atoms with Gasteiger partial charge in [0.1, 0.15) is 5.75 Å². The van der Waals surface area contributed by atoms with E-state index in [9.17, 15) is 0 Å². The van der Waals surface area contributed by atoms with Gasteiger partial charge in [0.15, 0.2) is 0 Å². The summed E-state index contributed by atoms with van der Waals surface area (Å²) in [5, 5.41) is 4.11. The van der Waals surface area contributed by atoms with Gasteiger partial charge < -0.3 is 15.0 Å². The van der Waals surface area contributed by atoms with E-state index in [0.29, 0.717) is 0 Å². The molecule has 3 rings (SSSR count). The van der Waals surface area contributed by atoms with E-state index in [1.807, 2.05) is 6.07 Å². The molecule has 2 aliphatic rings. The van der Waals surface area contributed by atoms with E-state index in [2.05, 4.69) is 16.3 Å². The van der Waals surface area contributed by atoms with E-state index in [1.165, 1.54) is 11.3 Å². The third kappa shape index (κ3) is 1.74. The van der Waals surface area contributed by atoms with Crippen molar-refractivity contribution in [2.24, 2.45) is 0 Å². The number of nitrogens with zero attached hydrogens (tertiary/aromatic N) is 1. The van der Waals surface area contributed by atoms with Crippen LogP contribution in [0.4, 0.5) is 5.69 Å². The summed E-state index contributed by atoms with van der Waals surface area (Å²) in [4.78, 5) is 2.38. The first-order valence-electron chi connectivity index (χ1n) is 5.75. The SMILES string of the molecule is Clc1cc(N2CCNCC2)cc2c1OCC2. The van der Waals surface area contributed by atoms with Crippen molar-refractivity contribution in [2.75, 3.05) is 37.7 Å². The van der Waals surface area contributed by atoms with Crippen molar-refractivity contribution in [3.63, 3.8) is 0 Å². The Balaban J connectivity index is 1.92. The van der Waals surface area contributed by atoms with Crippen LogP contribution in [0.3, 0.4) is 0 Å². The highest BCUT2D eigenvalue weighted by atomic mass is 35.5. The third-order valence-corrected chi connectivity index (χ3v) is 3.49. The van der Waals surface area contributed by atoms with Gasteiger partial charge in [0, 0.05) is 43.9 Å².